The van der Waals surface area contributed by atoms with Crippen LogP contribution in [0, 0.1) is 0 Å². The van der Waals surface area contributed by atoms with E-state index in [1.54, 1.807) is 13.0 Å². The molecule has 2 amide bonds. The fraction of sp³-hybridized carbons (Fsp3) is 0.412. The number of nitrogens with zero attached hydrogens (tertiary/aromatic N) is 1. The van der Waals surface area contributed by atoms with Gasteiger partial charge in [-0.3, -0.25) is 9.59 Å². The molecule has 0 saturated carbocycles. The molecule has 1 saturated heterocycles. The summed E-state index contributed by atoms with van der Waals surface area (Å²) in [5.41, 5.74) is 0.905. The number of benzene rings is 1. The van der Waals surface area contributed by atoms with E-state index in [4.69, 9.17) is 0 Å². The van der Waals surface area contributed by atoms with Crippen LogP contribution in [0.5, 0.6) is 0 Å². The van der Waals surface area contributed by atoms with Crippen LogP contribution in [0.1, 0.15) is 18.9 Å². The van der Waals surface area contributed by atoms with Crippen molar-refractivity contribution in [1.29, 1.82) is 0 Å². The van der Waals surface area contributed by atoms with Crippen LogP contribution in [0.15, 0.2) is 36.4 Å². The van der Waals surface area contributed by atoms with Crippen LogP contribution < -0.4 is 5.32 Å². The van der Waals surface area contributed by atoms with Gasteiger partial charge in [0.25, 0.3) is 0 Å². The summed E-state index contributed by atoms with van der Waals surface area (Å²) in [6, 6.07) is 9.07. The van der Waals surface area contributed by atoms with E-state index in [0.29, 0.717) is 13.0 Å². The fourth-order valence-electron chi connectivity index (χ4n) is 2.54. The Morgan fingerprint density at radius 1 is 1.29 bits per heavy atom. The molecule has 130 valence electrons. The van der Waals surface area contributed by atoms with Gasteiger partial charge in [-0.15, -0.1) is 0 Å². The molecular weight excluding hydrogens is 328 g/mol. The predicted molar refractivity (Wildman–Crippen MR) is 92.9 cm³/mol. The zero-order valence-corrected chi connectivity index (χ0v) is 14.5. The number of hydrogen-bond acceptors (Lipinski definition) is 4. The second-order valence-electron chi connectivity index (χ2n) is 5.76. The number of rotatable bonds is 6. The third-order valence-corrected chi connectivity index (χ3v) is 5.61. The summed E-state index contributed by atoms with van der Waals surface area (Å²) >= 11 is 0. The number of likely N-dealkylation sites (N-methyl/N-ethyl adjacent to an activating group) is 1. The number of hydrogen-bond donors (Lipinski definition) is 1. The second-order valence-corrected chi connectivity index (χ2v) is 7.99. The maximum absolute atomic E-state index is 12.2. The van der Waals surface area contributed by atoms with Gasteiger partial charge in [-0.25, -0.2) is 8.42 Å². The van der Waals surface area contributed by atoms with Crippen molar-refractivity contribution >= 4 is 27.7 Å². The van der Waals surface area contributed by atoms with Crippen LogP contribution in [0.3, 0.4) is 0 Å². The number of carbonyl (C=O) groups is 2. The molecule has 1 heterocycles. The van der Waals surface area contributed by atoms with Crippen LogP contribution in [0.2, 0.25) is 0 Å². The molecule has 2 rings (SSSR count). The summed E-state index contributed by atoms with van der Waals surface area (Å²) in [6.45, 7) is 2.11. The van der Waals surface area contributed by atoms with Crippen LogP contribution >= 0.6 is 0 Å². The highest BCUT2D eigenvalue weighted by Gasteiger charge is 2.29. The SMILES string of the molecule is CCN(CC(=O)N[C@H]1CCS(=O)(=O)C1)C(=O)/C=C\c1ccccc1. The maximum Gasteiger partial charge on any atom is 0.247 e. The Morgan fingerprint density at radius 2 is 2.00 bits per heavy atom. The molecule has 1 aliphatic heterocycles. The Hall–Kier alpha value is -2.15. The number of nitrogens with one attached hydrogen (secondary N) is 1. The molecule has 0 aromatic heterocycles. The molecule has 0 radical (unpaired) electrons. The quantitative estimate of drug-likeness (QED) is 0.771. The highest BCUT2D eigenvalue weighted by Crippen LogP contribution is 2.11. The van der Waals surface area contributed by atoms with Crippen molar-refractivity contribution in [3.05, 3.63) is 42.0 Å². The van der Waals surface area contributed by atoms with Gasteiger partial charge in [0.15, 0.2) is 9.84 Å². The molecule has 0 bridgehead atoms. The van der Waals surface area contributed by atoms with Gasteiger partial charge >= 0.3 is 0 Å². The lowest BCUT2D eigenvalue weighted by atomic mass is 10.2. The van der Waals surface area contributed by atoms with Crippen molar-refractivity contribution < 1.29 is 18.0 Å². The third-order valence-electron chi connectivity index (χ3n) is 3.84. The smallest absolute Gasteiger partial charge is 0.247 e. The van der Waals surface area contributed by atoms with Crippen molar-refractivity contribution in [2.24, 2.45) is 0 Å². The fourth-order valence-corrected chi connectivity index (χ4v) is 4.21. The van der Waals surface area contributed by atoms with Gasteiger partial charge in [-0.2, -0.15) is 0 Å². The summed E-state index contributed by atoms with van der Waals surface area (Å²) < 4.78 is 22.8. The molecular formula is C17H22N2O4S. The number of carbonyl (C=O) groups excluding carboxylic acids is 2. The predicted octanol–water partition coefficient (Wildman–Crippen LogP) is 0.852. The summed E-state index contributed by atoms with van der Waals surface area (Å²) in [5, 5.41) is 2.69. The first-order chi connectivity index (χ1) is 11.4. The van der Waals surface area contributed by atoms with E-state index in [0.717, 1.165) is 5.56 Å². The standard InChI is InChI=1S/C17H22N2O4S/c1-2-19(17(21)9-8-14-6-4-3-5-7-14)12-16(20)18-15-10-11-24(22,23)13-15/h3-9,15H,2,10-13H2,1H3,(H,18,20)/b9-8-/t15-/m0/s1. The van der Waals surface area contributed by atoms with E-state index in [2.05, 4.69) is 5.32 Å². The summed E-state index contributed by atoms with van der Waals surface area (Å²) in [4.78, 5) is 25.6. The van der Waals surface area contributed by atoms with Crippen molar-refractivity contribution in [2.45, 2.75) is 19.4 Å². The molecule has 1 fully saturated rings. The maximum atomic E-state index is 12.2. The molecule has 7 heteroatoms. The van der Waals surface area contributed by atoms with Crippen molar-refractivity contribution in [3.63, 3.8) is 0 Å². The first-order valence-corrected chi connectivity index (χ1v) is 9.73. The minimum Gasteiger partial charge on any atom is -0.351 e. The largest absolute Gasteiger partial charge is 0.351 e. The van der Waals surface area contributed by atoms with Crippen molar-refractivity contribution in [3.8, 4) is 0 Å². The highest BCUT2D eigenvalue weighted by molar-refractivity contribution is 7.91. The van der Waals surface area contributed by atoms with Crippen LogP contribution in [-0.2, 0) is 19.4 Å². The zero-order chi connectivity index (χ0) is 17.6. The zero-order valence-electron chi connectivity index (χ0n) is 13.6. The average Bonchev–Trinajstić information content (AvgIpc) is 2.89. The molecule has 1 aliphatic rings. The monoisotopic (exact) mass is 350 g/mol. The Balaban J connectivity index is 1.87. The molecule has 0 aliphatic carbocycles. The van der Waals surface area contributed by atoms with Gasteiger partial charge < -0.3 is 10.2 Å². The Bertz CT molecular complexity index is 713. The van der Waals surface area contributed by atoms with E-state index >= 15 is 0 Å². The summed E-state index contributed by atoms with van der Waals surface area (Å²) in [5.74, 6) is -0.503. The van der Waals surface area contributed by atoms with E-state index in [1.807, 2.05) is 30.3 Å². The Morgan fingerprint density at radius 3 is 2.58 bits per heavy atom. The van der Waals surface area contributed by atoms with Crippen LogP contribution in [0.25, 0.3) is 6.08 Å². The molecule has 1 atom stereocenters. The van der Waals surface area contributed by atoms with Crippen LogP contribution in [-0.4, -0.2) is 55.8 Å². The minimum absolute atomic E-state index is 0.0211. The Kier molecular flexibility index (Phi) is 6.14. The van der Waals surface area contributed by atoms with Gasteiger partial charge in [-0.05, 0) is 25.0 Å². The first-order valence-electron chi connectivity index (χ1n) is 7.91. The van der Waals surface area contributed by atoms with E-state index in [-0.39, 0.29) is 35.9 Å². The van der Waals surface area contributed by atoms with Crippen molar-refractivity contribution in [1.82, 2.24) is 10.2 Å². The topological polar surface area (TPSA) is 83.6 Å². The second kappa shape index (κ2) is 8.10. The molecule has 24 heavy (non-hydrogen) atoms. The average molecular weight is 350 g/mol. The van der Waals surface area contributed by atoms with Gasteiger partial charge in [0.05, 0.1) is 18.1 Å². The molecule has 1 N–H and O–H groups in total. The molecule has 0 spiro atoms. The van der Waals surface area contributed by atoms with E-state index < -0.39 is 9.84 Å². The lowest BCUT2D eigenvalue weighted by molar-refractivity contribution is -0.132. The number of amides is 2. The molecule has 6 nitrogen and oxygen atoms in total. The van der Waals surface area contributed by atoms with Gasteiger partial charge in [-0.1, -0.05) is 30.3 Å². The van der Waals surface area contributed by atoms with Gasteiger partial charge in [0.2, 0.25) is 11.8 Å². The molecule has 1 aromatic carbocycles. The van der Waals surface area contributed by atoms with E-state index in [9.17, 15) is 18.0 Å². The molecule has 0 unspecified atom stereocenters. The van der Waals surface area contributed by atoms with Crippen molar-refractivity contribution in [2.75, 3.05) is 24.6 Å². The third kappa shape index (κ3) is 5.49. The summed E-state index contributed by atoms with van der Waals surface area (Å²) in [7, 11) is -3.04. The lowest BCUT2D eigenvalue weighted by Gasteiger charge is -2.20. The van der Waals surface area contributed by atoms with Gasteiger partial charge in [0.1, 0.15) is 0 Å². The Labute approximate surface area is 142 Å². The highest BCUT2D eigenvalue weighted by atomic mass is 32.2. The molecule has 1 aromatic rings. The van der Waals surface area contributed by atoms with E-state index in [1.165, 1.54) is 11.0 Å². The van der Waals surface area contributed by atoms with Gasteiger partial charge in [0, 0.05) is 18.7 Å². The van der Waals surface area contributed by atoms with Crippen LogP contribution in [0.4, 0.5) is 0 Å². The minimum atomic E-state index is -3.04. The normalized spacial score (nSPS) is 19.3. The number of sulfone groups is 1. The first kappa shape index (κ1) is 18.2. The summed E-state index contributed by atoms with van der Waals surface area (Å²) in [6.07, 6.45) is 3.57. The lowest BCUT2D eigenvalue weighted by Crippen LogP contribution is -2.44.